The fourth-order valence-corrected chi connectivity index (χ4v) is 2.14. The summed E-state index contributed by atoms with van der Waals surface area (Å²) in [5.41, 5.74) is 2.16. The van der Waals surface area contributed by atoms with Crippen molar-refractivity contribution in [3.8, 4) is 0 Å². The van der Waals surface area contributed by atoms with E-state index in [0.717, 1.165) is 13.4 Å². The van der Waals surface area contributed by atoms with Gasteiger partial charge in [-0.25, -0.2) is 0 Å². The molecule has 0 aliphatic rings. The van der Waals surface area contributed by atoms with E-state index in [9.17, 15) is 0 Å². The van der Waals surface area contributed by atoms with E-state index in [2.05, 4.69) is 5.53 Å². The van der Waals surface area contributed by atoms with Crippen molar-refractivity contribution in [3.05, 3.63) is 11.3 Å². The van der Waals surface area contributed by atoms with E-state index in [0.29, 0.717) is 0 Å². The van der Waals surface area contributed by atoms with Crippen LogP contribution in [0.2, 0.25) is 0 Å². The minimum Gasteiger partial charge on any atom is -0.142 e. The van der Waals surface area contributed by atoms with Gasteiger partial charge in [0.15, 0.2) is 0 Å². The maximum Gasteiger partial charge on any atom is 0.119 e. The highest BCUT2D eigenvalue weighted by atomic mass is 31.1. The van der Waals surface area contributed by atoms with Crippen LogP contribution in [0.4, 0.5) is 0 Å². The molecule has 2 radical (unpaired) electrons. The Bertz CT molecular complexity index is 112. The van der Waals surface area contributed by atoms with Crippen LogP contribution in [-0.4, -0.2) is 7.85 Å². The van der Waals surface area contributed by atoms with E-state index in [1.807, 2.05) is 5.80 Å². The smallest absolute Gasteiger partial charge is 0.119 e. The van der Waals surface area contributed by atoms with Gasteiger partial charge in [0.2, 0.25) is 0 Å². The molecule has 0 saturated carbocycles. The Labute approximate surface area is 41.6 Å². The van der Waals surface area contributed by atoms with Crippen LogP contribution in [0.15, 0.2) is 11.3 Å². The standard InChI is InChI=1S/C3H3BP2/c4-3-1-5-2-6-3/h1-2,6H. The first-order valence-electron chi connectivity index (χ1n) is 1.63. The van der Waals surface area contributed by atoms with Crippen LogP contribution < -0.4 is 5.19 Å². The number of hydrogen-bond donors (Lipinski definition) is 0. The van der Waals surface area contributed by atoms with Crippen LogP contribution in [-0.2, 0) is 0 Å². The minimum atomic E-state index is 0.784. The Morgan fingerprint density at radius 2 is 2.67 bits per heavy atom. The topological polar surface area (TPSA) is 0 Å². The summed E-state index contributed by atoms with van der Waals surface area (Å²) in [5.74, 6) is 2.03. The highest BCUT2D eigenvalue weighted by Crippen LogP contribution is 2.09. The maximum atomic E-state index is 5.37. The summed E-state index contributed by atoms with van der Waals surface area (Å²) in [4.78, 5) is 0. The van der Waals surface area contributed by atoms with Crippen molar-refractivity contribution < 1.29 is 0 Å². The van der Waals surface area contributed by atoms with Crippen molar-refractivity contribution in [3.63, 3.8) is 0 Å². The first-order chi connectivity index (χ1) is 2.89. The van der Waals surface area contributed by atoms with Crippen molar-refractivity contribution in [1.29, 1.82) is 0 Å². The summed E-state index contributed by atoms with van der Waals surface area (Å²) in [5, 5.41) is 1.04. The van der Waals surface area contributed by atoms with Gasteiger partial charge in [0.25, 0.3) is 0 Å². The fraction of sp³-hybridized carbons (Fsp3) is 0. The molecule has 1 aromatic heterocycles. The molecule has 1 atom stereocenters. The molecular weight excluding hydrogens is 109 g/mol. The molecule has 0 bridgehead atoms. The predicted octanol–water partition coefficient (Wildman–Crippen LogP) is 1.09. The first-order valence-corrected chi connectivity index (χ1v) is 3.74. The van der Waals surface area contributed by atoms with Gasteiger partial charge in [-0.05, 0) is 11.3 Å². The van der Waals surface area contributed by atoms with Gasteiger partial charge in [-0.1, -0.05) is 13.4 Å². The molecule has 1 unspecified atom stereocenters. The minimum absolute atomic E-state index is 0.784. The second-order valence-corrected chi connectivity index (χ2v) is 3.46. The van der Waals surface area contributed by atoms with E-state index in [4.69, 9.17) is 7.85 Å². The largest absolute Gasteiger partial charge is 0.142 e. The highest BCUT2D eigenvalue weighted by Gasteiger charge is 1.73. The van der Waals surface area contributed by atoms with Gasteiger partial charge in [-0.15, -0.1) is 8.19 Å². The van der Waals surface area contributed by atoms with Crippen LogP contribution in [0.5, 0.6) is 0 Å². The zero-order valence-electron chi connectivity index (χ0n) is 3.18. The van der Waals surface area contributed by atoms with E-state index in [-0.39, 0.29) is 0 Å². The Balaban J connectivity index is 3.05. The Kier molecular flexibility index (Phi) is 1.35. The second-order valence-electron chi connectivity index (χ2n) is 1.01. The van der Waals surface area contributed by atoms with Crippen LogP contribution in [0.25, 0.3) is 0 Å². The normalized spacial score (nSPS) is 11.3. The zero-order valence-corrected chi connectivity index (χ0v) is 5.07. The SMILES string of the molecule is [B]c1cpc[pH]1. The predicted molar refractivity (Wildman–Crippen MR) is 33.8 cm³/mol. The van der Waals surface area contributed by atoms with Gasteiger partial charge < -0.3 is 0 Å². The summed E-state index contributed by atoms with van der Waals surface area (Å²) in [6.07, 6.45) is 0. The van der Waals surface area contributed by atoms with Crippen molar-refractivity contribution >= 4 is 29.4 Å². The summed E-state index contributed by atoms with van der Waals surface area (Å²) >= 11 is 0. The molecule has 0 N–H and O–H groups in total. The zero-order chi connectivity index (χ0) is 4.41. The molecule has 28 valence electrons. The lowest BCUT2D eigenvalue weighted by Crippen LogP contribution is -1.86. The molecule has 6 heavy (non-hydrogen) atoms. The van der Waals surface area contributed by atoms with Crippen LogP contribution >= 0.6 is 16.4 Å². The summed E-state index contributed by atoms with van der Waals surface area (Å²) in [7, 11) is 7.44. The lowest BCUT2D eigenvalue weighted by atomic mass is 10.1. The lowest BCUT2D eigenvalue weighted by Gasteiger charge is -1.66. The molecule has 0 saturated heterocycles. The third kappa shape index (κ3) is 0.866. The van der Waals surface area contributed by atoms with E-state index in [1.54, 1.807) is 0 Å². The second kappa shape index (κ2) is 1.82. The maximum absolute atomic E-state index is 5.37. The van der Waals surface area contributed by atoms with Gasteiger partial charge in [0.1, 0.15) is 7.85 Å². The molecular formula is C3H3BP2. The summed E-state index contributed by atoms with van der Waals surface area (Å²) in [6.45, 7) is 0. The van der Waals surface area contributed by atoms with Crippen molar-refractivity contribution in [2.24, 2.45) is 0 Å². The van der Waals surface area contributed by atoms with Crippen molar-refractivity contribution in [2.75, 3.05) is 0 Å². The van der Waals surface area contributed by atoms with Gasteiger partial charge in [0.05, 0.1) is 0 Å². The Morgan fingerprint density at radius 3 is 2.83 bits per heavy atom. The average Bonchev–Trinajstić information content (AvgIpc) is 1.86. The van der Waals surface area contributed by atoms with E-state index < -0.39 is 0 Å². The number of rotatable bonds is 0. The third-order valence-electron chi connectivity index (χ3n) is 0.519. The summed E-state index contributed by atoms with van der Waals surface area (Å²) < 4.78 is 0. The average molecular weight is 112 g/mol. The van der Waals surface area contributed by atoms with Crippen LogP contribution in [0.3, 0.4) is 0 Å². The third-order valence-corrected chi connectivity index (χ3v) is 2.78. The van der Waals surface area contributed by atoms with Gasteiger partial charge in [-0.3, -0.25) is 0 Å². The molecule has 1 rings (SSSR count). The molecule has 3 heteroatoms. The summed E-state index contributed by atoms with van der Waals surface area (Å²) in [6, 6.07) is 0. The van der Waals surface area contributed by atoms with Gasteiger partial charge in [-0.2, -0.15) is 0 Å². The molecule has 0 amide bonds. The Hall–Kier alpha value is 0.275. The molecule has 0 spiro atoms. The molecule has 0 fully saturated rings. The van der Waals surface area contributed by atoms with Crippen LogP contribution in [0, 0.1) is 0 Å². The monoisotopic (exact) mass is 112 g/mol. The highest BCUT2D eigenvalue weighted by molar-refractivity contribution is 7.50. The lowest BCUT2D eigenvalue weighted by molar-refractivity contribution is 2.55. The first kappa shape index (κ1) is 4.43. The van der Waals surface area contributed by atoms with E-state index >= 15 is 0 Å². The quantitative estimate of drug-likeness (QED) is 0.440. The van der Waals surface area contributed by atoms with E-state index in [1.165, 1.54) is 8.19 Å². The van der Waals surface area contributed by atoms with Gasteiger partial charge in [0, 0.05) is 0 Å². The molecule has 1 heterocycles. The molecule has 1 aromatic rings. The van der Waals surface area contributed by atoms with Crippen molar-refractivity contribution in [2.45, 2.75) is 0 Å². The molecule has 0 aromatic carbocycles. The fourth-order valence-electron chi connectivity index (χ4n) is 0.267. The molecule has 0 nitrogen and oxygen atoms in total. The van der Waals surface area contributed by atoms with Crippen molar-refractivity contribution in [1.82, 2.24) is 0 Å². The van der Waals surface area contributed by atoms with Crippen LogP contribution in [0.1, 0.15) is 0 Å². The molecule has 0 aliphatic carbocycles. The van der Waals surface area contributed by atoms with Gasteiger partial charge >= 0.3 is 0 Å². The number of hydrogen-bond acceptors (Lipinski definition) is 0. The Morgan fingerprint density at radius 1 is 1.83 bits per heavy atom. The molecule has 0 aliphatic heterocycles.